The second-order valence-electron chi connectivity index (χ2n) is 13.7. The first-order valence-corrected chi connectivity index (χ1v) is 16.7. The summed E-state index contributed by atoms with van der Waals surface area (Å²) in [5.74, 6) is -1.58. The number of aliphatic hydroxyl groups excluding tert-OH is 1. The molecule has 266 valence electrons. The number of ether oxygens (including phenoxy) is 4. The molecule has 2 aliphatic rings. The fraction of sp³-hybridized carbons (Fsp3) is 0.325. The van der Waals surface area contributed by atoms with Gasteiger partial charge in [0.2, 0.25) is 5.91 Å². The number of carbonyl (C=O) groups excluding carboxylic acids is 1. The minimum Gasteiger partial charge on any atom is -0.395 e. The Labute approximate surface area is 296 Å². The Bertz CT molecular complexity index is 2120. The van der Waals surface area contributed by atoms with Gasteiger partial charge in [-0.1, -0.05) is 80.6 Å². The highest BCUT2D eigenvalue weighted by Gasteiger charge is 2.53. The lowest BCUT2D eigenvalue weighted by Crippen LogP contribution is -2.30. The molecule has 1 aliphatic heterocycles. The Morgan fingerprint density at radius 2 is 1.59 bits per heavy atom. The second kappa shape index (κ2) is 13.7. The Balaban J connectivity index is 1.16. The number of benzene rings is 4. The van der Waals surface area contributed by atoms with Gasteiger partial charge in [-0.05, 0) is 53.8 Å². The maximum absolute atomic E-state index is 16.0. The van der Waals surface area contributed by atoms with Crippen molar-refractivity contribution in [3.05, 3.63) is 125 Å². The van der Waals surface area contributed by atoms with Gasteiger partial charge in [0.05, 0.1) is 58.4 Å². The number of alkyl halides is 2. The zero-order valence-electron chi connectivity index (χ0n) is 30.1. The summed E-state index contributed by atoms with van der Waals surface area (Å²) >= 11 is 0. The van der Waals surface area contributed by atoms with Crippen LogP contribution in [0.15, 0.2) is 97.1 Å². The van der Waals surface area contributed by atoms with Crippen LogP contribution in [-0.2, 0) is 44.9 Å². The minimum atomic E-state index is -3.80. The van der Waals surface area contributed by atoms with E-state index in [9.17, 15) is 18.7 Å². The van der Waals surface area contributed by atoms with Gasteiger partial charge in [-0.15, -0.1) is 8.78 Å². The van der Waals surface area contributed by atoms with E-state index in [0.29, 0.717) is 41.6 Å². The Hall–Kier alpha value is -4.84. The summed E-state index contributed by atoms with van der Waals surface area (Å²) in [6.45, 7) is 1.65. The Morgan fingerprint density at radius 3 is 2.25 bits per heavy atom. The van der Waals surface area contributed by atoms with E-state index in [-0.39, 0.29) is 36.9 Å². The first kappa shape index (κ1) is 32.1. The molecular formula is C40H39F3N2O6. The van der Waals surface area contributed by atoms with E-state index in [4.69, 9.17) is 12.2 Å². The molecule has 0 saturated heterocycles. The van der Waals surface area contributed by atoms with Crippen LogP contribution in [-0.4, -0.2) is 41.1 Å². The number of anilines is 1. The molecule has 0 spiro atoms. The smallest absolute Gasteiger partial charge is 0.395 e. The molecule has 2 N–H and O–H groups in total. The van der Waals surface area contributed by atoms with E-state index in [0.717, 1.165) is 11.1 Å². The number of aromatic nitrogens is 1. The van der Waals surface area contributed by atoms with E-state index >= 15 is 4.39 Å². The monoisotopic (exact) mass is 702 g/mol. The highest BCUT2D eigenvalue weighted by molar-refractivity contribution is 6.03. The topological polar surface area (TPSA) is 91.2 Å². The number of nitrogens with zero attached hydrogens (tertiary/aromatic N) is 1. The second-order valence-corrected chi connectivity index (χ2v) is 13.7. The maximum Gasteiger partial charge on any atom is 0.586 e. The molecule has 1 aromatic heterocycles. The lowest BCUT2D eigenvalue weighted by Gasteiger charge is -2.28. The summed E-state index contributed by atoms with van der Waals surface area (Å²) in [5.41, 5.74) is 1.29. The summed E-state index contributed by atoms with van der Waals surface area (Å²) in [7, 11) is 0. The summed E-state index contributed by atoms with van der Waals surface area (Å²) in [4.78, 5) is 13.7. The third-order valence-corrected chi connectivity index (χ3v) is 9.30. The third kappa shape index (κ3) is 7.46. The SMILES string of the molecule is [2H]C([2H])(OCc1ccccc1)C(O)Cn1c(C(C)(C)COCc2ccccc2)cc2cc(NC(=O)C3(c4ccc5c(c4)OC(F)(F)O5)CC3)c(F)cc21. The van der Waals surface area contributed by atoms with Gasteiger partial charge in [0.15, 0.2) is 11.5 Å². The van der Waals surface area contributed by atoms with Gasteiger partial charge in [-0.2, -0.15) is 0 Å². The number of hydrogen-bond donors (Lipinski definition) is 2. The Kier molecular flexibility index (Phi) is 8.62. The summed E-state index contributed by atoms with van der Waals surface area (Å²) in [6.07, 6.45) is -4.62. The number of carbonyl (C=O) groups is 1. The molecule has 5 aromatic rings. The summed E-state index contributed by atoms with van der Waals surface area (Å²) in [5, 5.41) is 14.5. The normalized spacial score (nSPS) is 17.1. The number of nitrogens with one attached hydrogen (secondary N) is 1. The van der Waals surface area contributed by atoms with Gasteiger partial charge in [-0.25, -0.2) is 4.39 Å². The molecule has 1 amide bonds. The quantitative estimate of drug-likeness (QED) is 0.123. The third-order valence-electron chi connectivity index (χ3n) is 9.30. The standard InChI is InChI=1S/C40H39F3N2O6/c1-38(2,25-49-23-27-11-7-4-8-12-27)36-18-28-17-32(31(41)20-33(28)45(36)21-30(46)24-48-22-26-9-5-3-6-10-26)44-37(47)39(15-16-39)29-13-14-34-35(19-29)51-40(42,43)50-34/h3-14,17-20,30,46H,15-16,21-25H2,1-2H3,(H,44,47)/i24D2. The van der Waals surface area contributed by atoms with Gasteiger partial charge < -0.3 is 33.9 Å². The van der Waals surface area contributed by atoms with Crippen LogP contribution < -0.4 is 14.8 Å². The zero-order valence-corrected chi connectivity index (χ0v) is 28.1. The van der Waals surface area contributed by atoms with Gasteiger partial charge in [0, 0.05) is 22.6 Å². The van der Waals surface area contributed by atoms with Crippen LogP contribution in [0.25, 0.3) is 10.9 Å². The van der Waals surface area contributed by atoms with Crippen LogP contribution in [0.5, 0.6) is 11.5 Å². The molecule has 11 heteroatoms. The van der Waals surface area contributed by atoms with Crippen LogP contribution in [0.1, 0.15) is 51.8 Å². The van der Waals surface area contributed by atoms with E-state index in [2.05, 4.69) is 14.8 Å². The van der Waals surface area contributed by atoms with Crippen LogP contribution in [0.2, 0.25) is 0 Å². The number of aliphatic hydroxyl groups is 1. The summed E-state index contributed by atoms with van der Waals surface area (Å²) < 4.78 is 82.8. The average molecular weight is 703 g/mol. The molecule has 0 bridgehead atoms. The number of halogens is 3. The molecule has 4 aromatic carbocycles. The molecule has 7 rings (SSSR count). The van der Waals surface area contributed by atoms with E-state index < -0.39 is 41.5 Å². The fourth-order valence-corrected chi connectivity index (χ4v) is 6.48. The highest BCUT2D eigenvalue weighted by Crippen LogP contribution is 2.52. The van der Waals surface area contributed by atoms with Crippen LogP contribution in [0, 0.1) is 5.82 Å². The predicted octanol–water partition coefficient (Wildman–Crippen LogP) is 7.84. The molecule has 1 unspecified atom stereocenters. The van der Waals surface area contributed by atoms with Crippen molar-refractivity contribution in [1.29, 1.82) is 0 Å². The van der Waals surface area contributed by atoms with Gasteiger partial charge in [0.1, 0.15) is 5.82 Å². The fourth-order valence-electron chi connectivity index (χ4n) is 6.48. The molecule has 0 radical (unpaired) electrons. The van der Waals surface area contributed by atoms with Crippen molar-refractivity contribution in [2.75, 3.05) is 18.5 Å². The van der Waals surface area contributed by atoms with E-state index in [1.807, 2.05) is 68.4 Å². The van der Waals surface area contributed by atoms with Crippen molar-refractivity contribution < 1.29 is 44.8 Å². The number of hydrogen-bond acceptors (Lipinski definition) is 6. The summed E-state index contributed by atoms with van der Waals surface area (Å²) in [6, 6.07) is 27.4. The van der Waals surface area contributed by atoms with Crippen LogP contribution in [0.4, 0.5) is 18.9 Å². The van der Waals surface area contributed by atoms with Crippen molar-refractivity contribution in [2.24, 2.45) is 0 Å². The van der Waals surface area contributed by atoms with Gasteiger partial charge in [-0.3, -0.25) is 4.79 Å². The van der Waals surface area contributed by atoms with Crippen molar-refractivity contribution in [3.63, 3.8) is 0 Å². The minimum absolute atomic E-state index is 0.0685. The number of fused-ring (bicyclic) bond motifs is 2. The molecule has 1 fully saturated rings. The van der Waals surface area contributed by atoms with Crippen molar-refractivity contribution >= 4 is 22.5 Å². The molecule has 1 aliphatic carbocycles. The van der Waals surface area contributed by atoms with Crippen molar-refractivity contribution in [3.8, 4) is 11.5 Å². The first-order chi connectivity index (χ1) is 25.2. The molecular weight excluding hydrogens is 661 g/mol. The highest BCUT2D eigenvalue weighted by atomic mass is 19.3. The zero-order chi connectivity index (χ0) is 37.6. The van der Waals surface area contributed by atoms with Crippen molar-refractivity contribution in [1.82, 2.24) is 4.57 Å². The molecule has 8 nitrogen and oxygen atoms in total. The van der Waals surface area contributed by atoms with E-state index in [1.165, 1.54) is 30.3 Å². The van der Waals surface area contributed by atoms with Gasteiger partial charge in [0.25, 0.3) is 0 Å². The van der Waals surface area contributed by atoms with Gasteiger partial charge >= 0.3 is 6.29 Å². The largest absolute Gasteiger partial charge is 0.586 e. The molecule has 2 heterocycles. The number of amides is 1. The van der Waals surface area contributed by atoms with Crippen molar-refractivity contribution in [2.45, 2.75) is 69.7 Å². The van der Waals surface area contributed by atoms with Crippen LogP contribution in [0.3, 0.4) is 0 Å². The first-order valence-electron chi connectivity index (χ1n) is 17.7. The average Bonchev–Trinajstić information content (AvgIpc) is 3.78. The molecule has 1 atom stereocenters. The molecule has 1 saturated carbocycles. The lowest BCUT2D eigenvalue weighted by atomic mass is 9.90. The molecule has 51 heavy (non-hydrogen) atoms. The van der Waals surface area contributed by atoms with E-state index in [1.54, 1.807) is 16.7 Å². The number of rotatable bonds is 14. The Morgan fingerprint density at radius 1 is 0.941 bits per heavy atom. The van der Waals surface area contributed by atoms with Crippen LogP contribution >= 0.6 is 0 Å². The predicted molar refractivity (Wildman–Crippen MR) is 185 cm³/mol. The lowest BCUT2D eigenvalue weighted by molar-refractivity contribution is -0.286. The maximum atomic E-state index is 16.0.